The van der Waals surface area contributed by atoms with Gasteiger partial charge in [0.1, 0.15) is 18.2 Å². The van der Waals surface area contributed by atoms with E-state index in [9.17, 15) is 27.7 Å². The molecule has 1 unspecified atom stereocenters. The number of benzene rings is 2. The second-order valence-electron chi connectivity index (χ2n) is 12.8. The maximum atomic E-state index is 14.3. The Bertz CT molecular complexity index is 1660. The number of nitrogens with zero attached hydrogens (tertiary/aromatic N) is 2. The topological polar surface area (TPSA) is 136 Å². The molecule has 0 bridgehead atoms. The summed E-state index contributed by atoms with van der Waals surface area (Å²) in [7, 11) is -5.77. The van der Waals surface area contributed by atoms with Gasteiger partial charge in [-0.3, -0.25) is 18.9 Å². The number of hydrogen-bond donors (Lipinski definition) is 3. The first-order valence-electron chi connectivity index (χ1n) is 15.1. The lowest BCUT2D eigenvalue weighted by Gasteiger charge is -2.43. The van der Waals surface area contributed by atoms with Crippen molar-refractivity contribution in [3.63, 3.8) is 0 Å². The second kappa shape index (κ2) is 13.1. The molecule has 14 heteroatoms. The van der Waals surface area contributed by atoms with Crippen LogP contribution in [0, 0.1) is 5.41 Å². The Morgan fingerprint density at radius 1 is 1.04 bits per heavy atom. The van der Waals surface area contributed by atoms with Crippen LogP contribution in [0.1, 0.15) is 66.9 Å². The summed E-state index contributed by atoms with van der Waals surface area (Å²) in [4.78, 5) is 63.3. The molecule has 5 rings (SSSR count). The van der Waals surface area contributed by atoms with Crippen molar-refractivity contribution in [1.29, 1.82) is 0 Å². The number of fused-ring (bicyclic) bond motifs is 1. The second-order valence-corrected chi connectivity index (χ2v) is 15.6. The number of nitrogens with one attached hydrogen (secondary N) is 1. The molecule has 3 amide bonds. The molecule has 1 aromatic heterocycles. The Kier molecular flexibility index (Phi) is 9.73. The largest absolute Gasteiger partial charge is 0.399 e. The molecule has 10 nitrogen and oxygen atoms in total. The van der Waals surface area contributed by atoms with Gasteiger partial charge in [0.05, 0.1) is 18.0 Å². The van der Waals surface area contributed by atoms with E-state index >= 15 is 0 Å². The number of rotatable bonds is 7. The van der Waals surface area contributed by atoms with Crippen molar-refractivity contribution < 1.29 is 42.3 Å². The van der Waals surface area contributed by atoms with Gasteiger partial charge in [-0.15, -0.1) is 11.3 Å². The van der Waals surface area contributed by atoms with E-state index in [2.05, 4.69) is 5.32 Å². The fourth-order valence-electron chi connectivity index (χ4n) is 5.91. The van der Waals surface area contributed by atoms with Crippen LogP contribution >= 0.6 is 18.9 Å². The average molecular weight is 678 g/mol. The van der Waals surface area contributed by atoms with Crippen LogP contribution in [0.4, 0.5) is 8.78 Å². The minimum Gasteiger partial charge on any atom is -0.370 e. The normalized spacial score (nSPS) is 20.4. The van der Waals surface area contributed by atoms with Gasteiger partial charge in [-0.05, 0) is 53.8 Å². The van der Waals surface area contributed by atoms with Crippen LogP contribution in [0.15, 0.2) is 54.6 Å². The first-order valence-corrected chi connectivity index (χ1v) is 17.5. The lowest BCUT2D eigenvalue weighted by molar-refractivity contribution is -0.154. The third-order valence-electron chi connectivity index (χ3n) is 8.46. The summed E-state index contributed by atoms with van der Waals surface area (Å²) in [5, 5.41) is 3.04. The Morgan fingerprint density at radius 2 is 1.76 bits per heavy atom. The van der Waals surface area contributed by atoms with Gasteiger partial charge < -0.3 is 29.6 Å². The molecule has 3 aromatic rings. The van der Waals surface area contributed by atoms with E-state index in [4.69, 9.17) is 14.5 Å². The highest BCUT2D eigenvalue weighted by Crippen LogP contribution is 2.59. The number of hydrogen-bond acceptors (Lipinski definition) is 6. The Hall–Kier alpha value is -3.22. The number of amides is 3. The zero-order valence-electron chi connectivity index (χ0n) is 25.8. The molecular formula is C32H38F2N3O7PS. The number of alkyl halides is 2. The van der Waals surface area contributed by atoms with Crippen molar-refractivity contribution in [1.82, 2.24) is 15.1 Å². The highest BCUT2D eigenvalue weighted by molar-refractivity contribution is 7.52. The SMILES string of the molecule is CC(C)(C)C(NC(=O)c1cc2cc(C(F)(F)P(=O)(O)O)ccc2s1)C(=O)N1CCCC[C@H]1C(=O)N1CCO[C@H](c2ccccc2)C1. The molecule has 0 spiro atoms. The van der Waals surface area contributed by atoms with Crippen molar-refractivity contribution in [2.45, 2.75) is 63.9 Å². The monoisotopic (exact) mass is 677 g/mol. The summed E-state index contributed by atoms with van der Waals surface area (Å²) in [6.07, 6.45) is 1.73. The Morgan fingerprint density at radius 3 is 2.43 bits per heavy atom. The number of likely N-dealkylation sites (tertiary alicyclic amines) is 1. The number of halogens is 2. The first-order chi connectivity index (χ1) is 21.6. The van der Waals surface area contributed by atoms with Crippen LogP contribution in [0.2, 0.25) is 0 Å². The molecule has 3 N–H and O–H groups in total. The smallest absolute Gasteiger partial charge is 0.370 e. The van der Waals surface area contributed by atoms with Crippen molar-refractivity contribution >= 4 is 46.7 Å². The van der Waals surface area contributed by atoms with Gasteiger partial charge in [0, 0.05) is 23.4 Å². The molecule has 2 aliphatic heterocycles. The average Bonchev–Trinajstić information content (AvgIpc) is 3.46. The molecular weight excluding hydrogens is 639 g/mol. The molecule has 3 atom stereocenters. The molecule has 46 heavy (non-hydrogen) atoms. The molecule has 0 radical (unpaired) electrons. The number of ether oxygens (including phenoxy) is 1. The highest BCUT2D eigenvalue weighted by Gasteiger charge is 2.50. The van der Waals surface area contributed by atoms with Gasteiger partial charge in [0.2, 0.25) is 11.8 Å². The summed E-state index contributed by atoms with van der Waals surface area (Å²) >= 11 is 1.01. The molecule has 2 fully saturated rings. The summed E-state index contributed by atoms with van der Waals surface area (Å²) in [6.45, 7) is 6.95. The molecule has 0 saturated carbocycles. The number of carbonyl (C=O) groups excluding carboxylic acids is 3. The van der Waals surface area contributed by atoms with Crippen molar-refractivity contribution in [2.75, 3.05) is 26.2 Å². The van der Waals surface area contributed by atoms with Crippen LogP contribution < -0.4 is 5.32 Å². The van der Waals surface area contributed by atoms with E-state index in [1.54, 1.807) is 9.80 Å². The van der Waals surface area contributed by atoms with E-state index < -0.39 is 42.2 Å². The third kappa shape index (κ3) is 7.03. The van der Waals surface area contributed by atoms with Crippen LogP contribution in [0.3, 0.4) is 0 Å². The number of thiophene rings is 1. The fourth-order valence-corrected chi connectivity index (χ4v) is 7.33. The summed E-state index contributed by atoms with van der Waals surface area (Å²) < 4.78 is 46.4. The van der Waals surface area contributed by atoms with E-state index in [0.29, 0.717) is 43.8 Å². The Labute approximate surface area is 269 Å². The summed E-state index contributed by atoms with van der Waals surface area (Å²) in [5.41, 5.74) is -5.02. The summed E-state index contributed by atoms with van der Waals surface area (Å²) in [6, 6.07) is 12.5. The molecule has 3 heterocycles. The predicted molar refractivity (Wildman–Crippen MR) is 170 cm³/mol. The maximum Gasteiger partial charge on any atom is 0.399 e. The van der Waals surface area contributed by atoms with Gasteiger partial charge in [-0.25, -0.2) is 0 Å². The lowest BCUT2D eigenvalue weighted by atomic mass is 9.84. The number of carbonyl (C=O) groups is 3. The predicted octanol–water partition coefficient (Wildman–Crippen LogP) is 5.25. The van der Waals surface area contributed by atoms with Crippen molar-refractivity contribution in [2.24, 2.45) is 5.41 Å². The molecule has 0 aliphatic carbocycles. The van der Waals surface area contributed by atoms with Crippen LogP contribution in [-0.4, -0.2) is 75.6 Å². The van der Waals surface area contributed by atoms with E-state index in [-0.39, 0.29) is 28.2 Å². The molecule has 2 aromatic carbocycles. The number of piperidine rings is 1. The zero-order valence-corrected chi connectivity index (χ0v) is 27.5. The van der Waals surface area contributed by atoms with E-state index in [1.807, 2.05) is 51.1 Å². The van der Waals surface area contributed by atoms with Crippen LogP contribution in [0.25, 0.3) is 10.1 Å². The number of morpholine rings is 1. The molecule has 2 saturated heterocycles. The quantitative estimate of drug-likeness (QED) is 0.291. The van der Waals surface area contributed by atoms with Crippen LogP contribution in [0.5, 0.6) is 0 Å². The fraction of sp³-hybridized carbons (Fsp3) is 0.469. The van der Waals surface area contributed by atoms with Crippen molar-refractivity contribution in [3.8, 4) is 0 Å². The maximum absolute atomic E-state index is 14.3. The zero-order chi connectivity index (χ0) is 33.4. The van der Waals surface area contributed by atoms with Gasteiger partial charge >= 0.3 is 13.3 Å². The summed E-state index contributed by atoms with van der Waals surface area (Å²) in [5.74, 6) is -1.13. The Balaban J connectivity index is 1.34. The lowest BCUT2D eigenvalue weighted by Crippen LogP contribution is -2.61. The van der Waals surface area contributed by atoms with Gasteiger partial charge in [-0.1, -0.05) is 57.2 Å². The van der Waals surface area contributed by atoms with Gasteiger partial charge in [0.15, 0.2) is 0 Å². The van der Waals surface area contributed by atoms with E-state index in [0.717, 1.165) is 35.5 Å². The minimum atomic E-state index is -5.77. The van der Waals surface area contributed by atoms with Crippen LogP contribution in [-0.2, 0) is 24.6 Å². The highest BCUT2D eigenvalue weighted by atomic mass is 32.1. The third-order valence-corrected chi connectivity index (χ3v) is 10.6. The first kappa shape index (κ1) is 34.1. The molecule has 2 aliphatic rings. The van der Waals surface area contributed by atoms with Gasteiger partial charge in [0.25, 0.3) is 5.91 Å². The standard InChI is InChI=1S/C32H38F2N3O7PS/c1-31(2,3)27(35-28(38)26-18-21-17-22(12-13-25(21)46-26)32(33,34)45(41,42)43)30(40)37-14-8-7-11-23(37)29(39)36-15-16-44-24(19-36)20-9-5-4-6-10-20/h4-6,9-10,12-13,17-18,23-24,27H,7-8,11,14-16,19H2,1-3H3,(H,35,38)(H2,41,42,43)/t23-,24-,27?/m0/s1. The van der Waals surface area contributed by atoms with Crippen molar-refractivity contribution in [3.05, 3.63) is 70.6 Å². The molecule has 248 valence electrons. The van der Waals surface area contributed by atoms with Gasteiger partial charge in [-0.2, -0.15) is 8.78 Å². The minimum absolute atomic E-state index is 0.139. The van der Waals surface area contributed by atoms with E-state index in [1.165, 1.54) is 12.1 Å².